The summed E-state index contributed by atoms with van der Waals surface area (Å²) in [6.45, 7) is 2.02. The maximum absolute atomic E-state index is 11.4. The van der Waals surface area contributed by atoms with Crippen molar-refractivity contribution in [3.05, 3.63) is 59.8 Å². The lowest BCUT2D eigenvalue weighted by Crippen LogP contribution is -2.06. The third-order valence-electron chi connectivity index (χ3n) is 4.97. The van der Waals surface area contributed by atoms with Gasteiger partial charge in [0.05, 0.1) is 11.1 Å². The molecule has 0 amide bonds. The number of carboxylic acid groups (broad SMARTS) is 1. The first-order valence-electron chi connectivity index (χ1n) is 9.51. The highest BCUT2D eigenvalue weighted by atomic mass is 16.4. The van der Waals surface area contributed by atoms with E-state index in [1.165, 1.54) is 0 Å². The Bertz CT molecular complexity index is 1270. The lowest BCUT2D eigenvalue weighted by Gasteiger charge is -2.13. The molecule has 1 aliphatic rings. The number of carboxylic acids is 1. The van der Waals surface area contributed by atoms with Gasteiger partial charge in [0.1, 0.15) is 5.52 Å². The average molecular weight is 385 g/mol. The first kappa shape index (κ1) is 17.4. The van der Waals surface area contributed by atoms with E-state index in [0.717, 1.165) is 34.9 Å². The number of pyridine rings is 1. The molecule has 0 bridgehead atoms. The highest BCUT2D eigenvalue weighted by Gasteiger charge is 2.22. The fourth-order valence-corrected chi connectivity index (χ4v) is 3.34. The largest absolute Gasteiger partial charge is 0.478 e. The number of nitrogens with one attached hydrogen (secondary N) is 2. The summed E-state index contributed by atoms with van der Waals surface area (Å²) in [7, 11) is 0. The van der Waals surface area contributed by atoms with Crippen LogP contribution in [0.2, 0.25) is 0 Å². The molecule has 0 atom stereocenters. The van der Waals surface area contributed by atoms with Gasteiger partial charge in [0.15, 0.2) is 5.82 Å². The van der Waals surface area contributed by atoms with E-state index in [-0.39, 0.29) is 5.56 Å². The lowest BCUT2D eigenvalue weighted by atomic mass is 10.1. The minimum Gasteiger partial charge on any atom is -0.478 e. The molecule has 1 aliphatic carbocycles. The topological polar surface area (TPSA) is 100 Å². The highest BCUT2D eigenvalue weighted by Crippen LogP contribution is 2.32. The Balaban J connectivity index is 1.71. The predicted octanol–water partition coefficient (Wildman–Crippen LogP) is 4.50. The van der Waals surface area contributed by atoms with Gasteiger partial charge >= 0.3 is 5.97 Å². The van der Waals surface area contributed by atoms with Gasteiger partial charge in [-0.2, -0.15) is 0 Å². The van der Waals surface area contributed by atoms with Crippen LogP contribution >= 0.6 is 0 Å². The molecular weight excluding hydrogens is 366 g/mol. The van der Waals surface area contributed by atoms with E-state index in [0.29, 0.717) is 28.8 Å². The summed E-state index contributed by atoms with van der Waals surface area (Å²) in [4.78, 5) is 25.3. The van der Waals surface area contributed by atoms with E-state index in [2.05, 4.69) is 15.6 Å². The van der Waals surface area contributed by atoms with Gasteiger partial charge in [-0.1, -0.05) is 18.2 Å². The van der Waals surface area contributed by atoms with Gasteiger partial charge in [-0.3, -0.25) is 0 Å². The van der Waals surface area contributed by atoms with Crippen LogP contribution in [-0.4, -0.2) is 32.1 Å². The molecule has 7 heteroatoms. The highest BCUT2D eigenvalue weighted by molar-refractivity contribution is 6.10. The fraction of sp³-hybridized carbons (Fsp3) is 0.182. The van der Waals surface area contributed by atoms with Crippen LogP contribution < -0.4 is 10.6 Å². The van der Waals surface area contributed by atoms with Crippen LogP contribution in [0.3, 0.4) is 0 Å². The second-order valence-corrected chi connectivity index (χ2v) is 7.37. The van der Waals surface area contributed by atoms with Crippen molar-refractivity contribution < 1.29 is 9.90 Å². The van der Waals surface area contributed by atoms with Crippen molar-refractivity contribution in [2.45, 2.75) is 25.8 Å². The fourth-order valence-electron chi connectivity index (χ4n) is 3.34. The number of aryl methyl sites for hydroxylation is 1. The van der Waals surface area contributed by atoms with Gasteiger partial charge in [0.25, 0.3) is 0 Å². The maximum atomic E-state index is 11.4. The molecule has 0 aliphatic heterocycles. The minimum absolute atomic E-state index is 0.193. The molecule has 3 N–H and O–H groups in total. The third-order valence-corrected chi connectivity index (χ3v) is 4.97. The van der Waals surface area contributed by atoms with Crippen LogP contribution in [-0.2, 0) is 0 Å². The summed E-state index contributed by atoms with van der Waals surface area (Å²) in [6.07, 6.45) is 4.03. The van der Waals surface area contributed by atoms with E-state index in [4.69, 9.17) is 9.97 Å². The molecular formula is C22H19N5O2. The number of aromatic nitrogens is 3. The van der Waals surface area contributed by atoms with Gasteiger partial charge in [0.2, 0.25) is 5.95 Å². The number of fused-ring (bicyclic) bond motifs is 3. The van der Waals surface area contributed by atoms with Gasteiger partial charge < -0.3 is 15.7 Å². The van der Waals surface area contributed by atoms with Crippen molar-refractivity contribution in [2.75, 3.05) is 10.6 Å². The molecule has 1 fully saturated rings. The molecule has 2 aromatic carbocycles. The van der Waals surface area contributed by atoms with Crippen molar-refractivity contribution in [2.24, 2.45) is 0 Å². The molecule has 7 nitrogen and oxygen atoms in total. The number of rotatable bonds is 5. The number of carbonyl (C=O) groups is 1. The zero-order valence-electron chi connectivity index (χ0n) is 15.8. The van der Waals surface area contributed by atoms with Gasteiger partial charge in [-0.05, 0) is 49.6 Å². The molecule has 29 heavy (non-hydrogen) atoms. The van der Waals surface area contributed by atoms with E-state index in [9.17, 15) is 9.90 Å². The number of benzene rings is 2. The van der Waals surface area contributed by atoms with Crippen molar-refractivity contribution >= 4 is 45.2 Å². The van der Waals surface area contributed by atoms with Crippen molar-refractivity contribution in [1.82, 2.24) is 15.0 Å². The normalized spacial score (nSPS) is 13.6. The zero-order valence-corrected chi connectivity index (χ0v) is 15.8. The first-order chi connectivity index (χ1) is 14.1. The van der Waals surface area contributed by atoms with Crippen LogP contribution in [0.25, 0.3) is 21.8 Å². The number of anilines is 3. The standard InChI is InChI=1S/C22H19N5O2/c1-12-3-2-4-15(9-12)24-20-19-17(11-23-22(27-19)25-14-6-7-14)16-8-5-13(21(28)29)10-18(16)26-20/h2-5,8-11,14H,6-7H2,1H3,(H,24,26)(H,28,29)(H,23,25,27). The summed E-state index contributed by atoms with van der Waals surface area (Å²) in [5.41, 5.74) is 3.49. The summed E-state index contributed by atoms with van der Waals surface area (Å²) < 4.78 is 0. The van der Waals surface area contributed by atoms with E-state index >= 15 is 0 Å². The quantitative estimate of drug-likeness (QED) is 0.435. The van der Waals surface area contributed by atoms with Crippen LogP contribution in [0.1, 0.15) is 28.8 Å². The van der Waals surface area contributed by atoms with Crippen molar-refractivity contribution in [3.8, 4) is 0 Å². The molecule has 0 spiro atoms. The Morgan fingerprint density at radius 1 is 1.10 bits per heavy atom. The summed E-state index contributed by atoms with van der Waals surface area (Å²) in [6, 6.07) is 13.3. The maximum Gasteiger partial charge on any atom is 0.335 e. The average Bonchev–Trinajstić information content (AvgIpc) is 3.51. The van der Waals surface area contributed by atoms with Gasteiger partial charge in [-0.25, -0.2) is 19.7 Å². The van der Waals surface area contributed by atoms with E-state index in [1.807, 2.05) is 31.2 Å². The Morgan fingerprint density at radius 3 is 2.72 bits per heavy atom. The van der Waals surface area contributed by atoms with E-state index < -0.39 is 5.97 Å². The number of hydrogen-bond acceptors (Lipinski definition) is 6. The van der Waals surface area contributed by atoms with Crippen LogP contribution in [0, 0.1) is 6.92 Å². The molecule has 0 radical (unpaired) electrons. The predicted molar refractivity (Wildman–Crippen MR) is 113 cm³/mol. The molecule has 144 valence electrons. The number of nitrogens with zero attached hydrogens (tertiary/aromatic N) is 3. The van der Waals surface area contributed by atoms with Crippen LogP contribution in [0.15, 0.2) is 48.7 Å². The molecule has 0 saturated heterocycles. The third kappa shape index (κ3) is 3.42. The number of aromatic carboxylic acids is 1. The van der Waals surface area contributed by atoms with Crippen molar-refractivity contribution in [1.29, 1.82) is 0 Å². The molecule has 2 heterocycles. The number of hydrogen-bond donors (Lipinski definition) is 3. The first-order valence-corrected chi connectivity index (χ1v) is 9.51. The smallest absolute Gasteiger partial charge is 0.335 e. The second kappa shape index (κ2) is 6.70. The summed E-state index contributed by atoms with van der Waals surface area (Å²) in [5.74, 6) is 0.166. The van der Waals surface area contributed by atoms with Crippen LogP contribution in [0.4, 0.5) is 17.5 Å². The molecule has 1 saturated carbocycles. The van der Waals surface area contributed by atoms with Gasteiger partial charge in [0, 0.05) is 28.7 Å². The SMILES string of the molecule is Cc1cccc(Nc2nc3cc(C(=O)O)ccc3c3cnc(NC4CC4)nc23)c1. The summed E-state index contributed by atoms with van der Waals surface area (Å²) in [5, 5.41) is 17.7. The summed E-state index contributed by atoms with van der Waals surface area (Å²) >= 11 is 0. The van der Waals surface area contributed by atoms with Gasteiger partial charge in [-0.15, -0.1) is 0 Å². The molecule has 4 aromatic rings. The minimum atomic E-state index is -0.984. The monoisotopic (exact) mass is 385 g/mol. The zero-order chi connectivity index (χ0) is 20.0. The van der Waals surface area contributed by atoms with Crippen molar-refractivity contribution in [3.63, 3.8) is 0 Å². The Kier molecular flexibility index (Phi) is 4.01. The van der Waals surface area contributed by atoms with Crippen LogP contribution in [0.5, 0.6) is 0 Å². The molecule has 2 aromatic heterocycles. The molecule has 0 unspecified atom stereocenters. The Morgan fingerprint density at radius 2 is 1.97 bits per heavy atom. The van der Waals surface area contributed by atoms with E-state index in [1.54, 1.807) is 24.4 Å². The lowest BCUT2D eigenvalue weighted by molar-refractivity contribution is 0.0697. The Hall–Kier alpha value is -3.74. The Labute approximate surface area is 166 Å². The second-order valence-electron chi connectivity index (χ2n) is 7.37. The molecule has 5 rings (SSSR count).